The second-order valence-electron chi connectivity index (χ2n) is 3.70. The minimum atomic E-state index is -1.11. The van der Waals surface area contributed by atoms with Gasteiger partial charge in [0.2, 0.25) is 0 Å². The smallest absolute Gasteiger partial charge is 0.355 e. The van der Waals surface area contributed by atoms with E-state index in [9.17, 15) is 4.79 Å². The fourth-order valence-electron chi connectivity index (χ4n) is 1.47. The number of carboxylic acids is 1. The Kier molecular flexibility index (Phi) is 4.39. The Labute approximate surface area is 127 Å². The van der Waals surface area contributed by atoms with E-state index in [2.05, 4.69) is 25.9 Å². The molecule has 0 aliphatic carbocycles. The van der Waals surface area contributed by atoms with Crippen LogP contribution in [0.15, 0.2) is 28.9 Å². The maximum Gasteiger partial charge on any atom is 0.355 e. The lowest BCUT2D eigenvalue weighted by Crippen LogP contribution is -2.07. The number of hydrogen-bond acceptors (Lipinski definition) is 3. The average molecular weight is 362 g/mol. The van der Waals surface area contributed by atoms with Crippen molar-refractivity contribution in [2.24, 2.45) is 0 Å². The fraction of sp³-hybridized carbons (Fsp3) is 0.0833. The molecule has 7 heteroatoms. The Morgan fingerprint density at radius 1 is 1.37 bits per heavy atom. The third kappa shape index (κ3) is 3.43. The highest BCUT2D eigenvalue weighted by Crippen LogP contribution is 2.23. The van der Waals surface area contributed by atoms with E-state index >= 15 is 0 Å². The van der Waals surface area contributed by atoms with Crippen molar-refractivity contribution >= 4 is 45.1 Å². The van der Waals surface area contributed by atoms with E-state index in [-0.39, 0.29) is 5.69 Å². The standard InChI is InChI=1S/C12H7BrCl2N2O2/c13-8-5-16-10(17-11(8)12(18)19)3-6-1-2-7(14)4-9(6)15/h1-2,4-5H,3H2,(H,18,19). The van der Waals surface area contributed by atoms with E-state index in [0.717, 1.165) is 5.56 Å². The topological polar surface area (TPSA) is 63.1 Å². The molecule has 0 aliphatic heterocycles. The molecule has 1 heterocycles. The van der Waals surface area contributed by atoms with Gasteiger partial charge >= 0.3 is 5.97 Å². The zero-order chi connectivity index (χ0) is 14.0. The van der Waals surface area contributed by atoms with E-state index in [0.29, 0.717) is 26.8 Å². The zero-order valence-corrected chi connectivity index (χ0v) is 12.5. The first-order chi connectivity index (χ1) is 8.97. The van der Waals surface area contributed by atoms with Gasteiger partial charge in [-0.05, 0) is 33.6 Å². The minimum Gasteiger partial charge on any atom is -0.476 e. The molecule has 0 atom stereocenters. The number of carboxylic acid groups (broad SMARTS) is 1. The van der Waals surface area contributed by atoms with Gasteiger partial charge in [-0.2, -0.15) is 0 Å². The molecule has 0 radical (unpaired) electrons. The summed E-state index contributed by atoms with van der Waals surface area (Å²) >= 11 is 14.9. The summed E-state index contributed by atoms with van der Waals surface area (Å²) in [6.07, 6.45) is 1.75. The Morgan fingerprint density at radius 2 is 2.11 bits per heavy atom. The third-order valence-electron chi connectivity index (χ3n) is 2.36. The molecule has 0 bridgehead atoms. The molecule has 0 amide bonds. The molecule has 4 nitrogen and oxygen atoms in total. The van der Waals surface area contributed by atoms with Crippen LogP contribution in [0, 0.1) is 0 Å². The molecule has 0 fully saturated rings. The summed E-state index contributed by atoms with van der Waals surface area (Å²) in [5.74, 6) is -0.734. The Balaban J connectivity index is 2.33. The summed E-state index contributed by atoms with van der Waals surface area (Å²) in [6.45, 7) is 0. The lowest BCUT2D eigenvalue weighted by molar-refractivity contribution is 0.0688. The monoisotopic (exact) mass is 360 g/mol. The third-order valence-corrected chi connectivity index (χ3v) is 3.53. The van der Waals surface area contributed by atoms with Crippen LogP contribution in [-0.4, -0.2) is 21.0 Å². The molecule has 98 valence electrons. The van der Waals surface area contributed by atoms with Crippen LogP contribution in [0.1, 0.15) is 21.9 Å². The fourth-order valence-corrected chi connectivity index (χ4v) is 2.31. The maximum atomic E-state index is 11.0. The summed E-state index contributed by atoms with van der Waals surface area (Å²) in [7, 11) is 0. The van der Waals surface area contributed by atoms with Crippen LogP contribution in [-0.2, 0) is 6.42 Å². The maximum absolute atomic E-state index is 11.0. The van der Waals surface area contributed by atoms with Crippen molar-refractivity contribution in [3.05, 3.63) is 56.0 Å². The molecule has 0 saturated carbocycles. The van der Waals surface area contributed by atoms with E-state index in [4.69, 9.17) is 28.3 Å². The van der Waals surface area contributed by atoms with E-state index < -0.39 is 5.97 Å². The highest BCUT2D eigenvalue weighted by atomic mass is 79.9. The summed E-state index contributed by atoms with van der Waals surface area (Å²) in [6, 6.07) is 5.09. The second kappa shape index (κ2) is 5.86. The molecule has 0 saturated heterocycles. The first-order valence-corrected chi connectivity index (χ1v) is 6.71. The number of aromatic nitrogens is 2. The highest BCUT2D eigenvalue weighted by Gasteiger charge is 2.13. The first kappa shape index (κ1) is 14.2. The number of hydrogen-bond donors (Lipinski definition) is 1. The molecule has 1 aromatic carbocycles. The molecule has 0 unspecified atom stereocenters. The predicted molar refractivity (Wildman–Crippen MR) is 76.0 cm³/mol. The summed E-state index contributed by atoms with van der Waals surface area (Å²) in [5, 5.41) is 10.0. The Hall–Kier alpha value is -1.17. The van der Waals surface area contributed by atoms with Crippen molar-refractivity contribution in [1.29, 1.82) is 0 Å². The lowest BCUT2D eigenvalue weighted by Gasteiger charge is -2.05. The number of nitrogens with zero attached hydrogens (tertiary/aromatic N) is 2. The van der Waals surface area contributed by atoms with Crippen molar-refractivity contribution in [2.75, 3.05) is 0 Å². The molecule has 0 aliphatic rings. The quantitative estimate of drug-likeness (QED) is 0.902. The van der Waals surface area contributed by atoms with Crippen LogP contribution >= 0.6 is 39.1 Å². The van der Waals surface area contributed by atoms with Gasteiger partial charge in [0.05, 0.1) is 4.47 Å². The number of rotatable bonds is 3. The molecular formula is C12H7BrCl2N2O2. The number of halogens is 3. The minimum absolute atomic E-state index is 0.0740. The summed E-state index contributed by atoms with van der Waals surface area (Å²) in [5.41, 5.74) is 0.708. The second-order valence-corrected chi connectivity index (χ2v) is 5.40. The van der Waals surface area contributed by atoms with Crippen LogP contribution in [0.5, 0.6) is 0 Å². The van der Waals surface area contributed by atoms with Gasteiger partial charge in [0.15, 0.2) is 5.69 Å². The van der Waals surface area contributed by atoms with Crippen LogP contribution in [0.2, 0.25) is 10.0 Å². The Morgan fingerprint density at radius 3 is 2.74 bits per heavy atom. The van der Waals surface area contributed by atoms with Gasteiger partial charge < -0.3 is 5.11 Å². The van der Waals surface area contributed by atoms with Gasteiger partial charge in [0, 0.05) is 22.7 Å². The molecule has 19 heavy (non-hydrogen) atoms. The van der Waals surface area contributed by atoms with Crippen LogP contribution < -0.4 is 0 Å². The van der Waals surface area contributed by atoms with Gasteiger partial charge in [-0.25, -0.2) is 14.8 Å². The molecule has 0 spiro atoms. The van der Waals surface area contributed by atoms with E-state index in [1.807, 2.05) is 0 Å². The van der Waals surface area contributed by atoms with Crippen molar-refractivity contribution in [3.63, 3.8) is 0 Å². The van der Waals surface area contributed by atoms with Crippen molar-refractivity contribution in [2.45, 2.75) is 6.42 Å². The average Bonchev–Trinajstić information content (AvgIpc) is 2.34. The largest absolute Gasteiger partial charge is 0.476 e. The van der Waals surface area contributed by atoms with E-state index in [1.165, 1.54) is 6.20 Å². The van der Waals surface area contributed by atoms with Crippen LogP contribution in [0.25, 0.3) is 0 Å². The number of aromatic carboxylic acids is 1. The normalized spacial score (nSPS) is 10.5. The summed E-state index contributed by atoms with van der Waals surface area (Å²) < 4.78 is 0.339. The van der Waals surface area contributed by atoms with Gasteiger partial charge in [-0.1, -0.05) is 29.3 Å². The Bertz CT molecular complexity index is 650. The van der Waals surface area contributed by atoms with Gasteiger partial charge in [-0.3, -0.25) is 0 Å². The van der Waals surface area contributed by atoms with Crippen LogP contribution in [0.4, 0.5) is 0 Å². The first-order valence-electron chi connectivity index (χ1n) is 5.16. The summed E-state index contributed by atoms with van der Waals surface area (Å²) in [4.78, 5) is 19.0. The molecule has 2 rings (SSSR count). The molecular weight excluding hydrogens is 355 g/mol. The van der Waals surface area contributed by atoms with Crippen molar-refractivity contribution in [3.8, 4) is 0 Å². The lowest BCUT2D eigenvalue weighted by atomic mass is 10.1. The molecule has 2 aromatic rings. The van der Waals surface area contributed by atoms with Gasteiger partial charge in [-0.15, -0.1) is 0 Å². The van der Waals surface area contributed by atoms with Crippen molar-refractivity contribution < 1.29 is 9.90 Å². The highest BCUT2D eigenvalue weighted by molar-refractivity contribution is 9.10. The predicted octanol–water partition coefficient (Wildman–Crippen LogP) is 3.83. The van der Waals surface area contributed by atoms with Gasteiger partial charge in [0.25, 0.3) is 0 Å². The van der Waals surface area contributed by atoms with Crippen molar-refractivity contribution in [1.82, 2.24) is 9.97 Å². The molecule has 1 aromatic heterocycles. The molecule has 1 N–H and O–H groups in total. The van der Waals surface area contributed by atoms with E-state index in [1.54, 1.807) is 18.2 Å². The van der Waals surface area contributed by atoms with Gasteiger partial charge in [0.1, 0.15) is 5.82 Å². The SMILES string of the molecule is O=C(O)c1nc(Cc2ccc(Cl)cc2Cl)ncc1Br. The zero-order valence-electron chi connectivity index (χ0n) is 9.40. The van der Waals surface area contributed by atoms with Crippen LogP contribution in [0.3, 0.4) is 0 Å². The number of carbonyl (C=O) groups is 1. The number of benzene rings is 1.